The Balaban J connectivity index is 0.000000815. The maximum absolute atomic E-state index is 12.5. The van der Waals surface area contributed by atoms with E-state index in [1.54, 1.807) is 6.20 Å². The topological polar surface area (TPSA) is 113 Å². The first-order valence-corrected chi connectivity index (χ1v) is 13.9. The molecular formula is C30H43N3O6. The van der Waals surface area contributed by atoms with Crippen molar-refractivity contribution in [3.05, 3.63) is 46.2 Å². The third kappa shape index (κ3) is 8.70. The minimum Gasteiger partial charge on any atom is -0.491 e. The molecule has 2 aromatic heterocycles. The molecule has 1 N–H and O–H groups in total. The van der Waals surface area contributed by atoms with Gasteiger partial charge in [-0.25, -0.2) is 4.79 Å². The predicted octanol–water partition coefficient (Wildman–Crippen LogP) is 6.16. The van der Waals surface area contributed by atoms with E-state index in [4.69, 9.17) is 19.7 Å². The number of unbranched alkanes of at least 4 members (excludes halogenated alkanes) is 4. The van der Waals surface area contributed by atoms with Crippen molar-refractivity contribution in [2.24, 2.45) is 5.92 Å². The molecule has 1 aliphatic rings. The van der Waals surface area contributed by atoms with Gasteiger partial charge in [0.25, 0.3) is 0 Å². The molecule has 0 saturated carbocycles. The van der Waals surface area contributed by atoms with Crippen molar-refractivity contribution in [1.82, 2.24) is 14.3 Å². The van der Waals surface area contributed by atoms with E-state index in [1.807, 2.05) is 41.3 Å². The minimum atomic E-state index is -0.745. The number of benzene rings is 1. The number of fused-ring (bicyclic) bond motifs is 5. The fourth-order valence-electron chi connectivity index (χ4n) is 4.19. The molecule has 0 spiro atoms. The van der Waals surface area contributed by atoms with Crippen molar-refractivity contribution in [3.8, 4) is 17.1 Å². The van der Waals surface area contributed by atoms with Crippen LogP contribution in [0.15, 0.2) is 35.3 Å². The van der Waals surface area contributed by atoms with Crippen LogP contribution in [-0.4, -0.2) is 45.1 Å². The highest BCUT2D eigenvalue weighted by Crippen LogP contribution is 2.35. The van der Waals surface area contributed by atoms with Gasteiger partial charge >= 0.3 is 11.9 Å². The molecule has 9 nitrogen and oxygen atoms in total. The van der Waals surface area contributed by atoms with Crippen LogP contribution in [0.2, 0.25) is 0 Å². The molecule has 0 amide bonds. The number of nitrogens with zero attached hydrogens (tertiary/aromatic N) is 3. The van der Waals surface area contributed by atoms with Gasteiger partial charge in [0, 0.05) is 30.6 Å². The van der Waals surface area contributed by atoms with Crippen molar-refractivity contribution in [2.45, 2.75) is 86.2 Å². The Labute approximate surface area is 230 Å². The van der Waals surface area contributed by atoms with Gasteiger partial charge in [-0.2, -0.15) is 5.10 Å². The first kappa shape index (κ1) is 31.6. The highest BCUT2D eigenvalue weighted by Gasteiger charge is 2.24. The molecule has 3 aromatic rings. The van der Waals surface area contributed by atoms with Gasteiger partial charge in [-0.15, -0.1) is 0 Å². The molecule has 9 heteroatoms. The van der Waals surface area contributed by atoms with E-state index in [1.165, 1.54) is 13.2 Å². The van der Waals surface area contributed by atoms with E-state index >= 15 is 0 Å². The van der Waals surface area contributed by atoms with E-state index in [0.29, 0.717) is 37.6 Å². The van der Waals surface area contributed by atoms with Gasteiger partial charge in [0.1, 0.15) is 16.8 Å². The third-order valence-electron chi connectivity index (χ3n) is 5.85. The molecule has 0 unspecified atom stereocenters. The number of ether oxygens (including phenoxy) is 2. The number of carbonyl (C=O) groups excluding carboxylic acids is 1. The number of hydrogen-bond acceptors (Lipinski definition) is 6. The highest BCUT2D eigenvalue weighted by molar-refractivity contribution is 5.96. The fourth-order valence-corrected chi connectivity index (χ4v) is 4.19. The molecule has 3 heterocycles. The van der Waals surface area contributed by atoms with Crippen LogP contribution in [0.1, 0.15) is 83.5 Å². The van der Waals surface area contributed by atoms with Crippen LogP contribution in [0.5, 0.6) is 5.75 Å². The number of esters is 1. The largest absolute Gasteiger partial charge is 0.491 e. The zero-order valence-corrected chi connectivity index (χ0v) is 24.2. The molecule has 1 aromatic carbocycles. The summed E-state index contributed by atoms with van der Waals surface area (Å²) in [4.78, 5) is 35.0. The maximum atomic E-state index is 12.5. The lowest BCUT2D eigenvalue weighted by Gasteiger charge is -2.21. The van der Waals surface area contributed by atoms with Crippen molar-refractivity contribution in [2.75, 3.05) is 13.7 Å². The van der Waals surface area contributed by atoms with Gasteiger partial charge in [0.15, 0.2) is 5.43 Å². The van der Waals surface area contributed by atoms with Crippen molar-refractivity contribution < 1.29 is 24.2 Å². The second-order valence-corrected chi connectivity index (χ2v) is 9.84. The third-order valence-corrected chi connectivity index (χ3v) is 5.85. The molecule has 0 saturated heterocycles. The Bertz CT molecular complexity index is 1290. The summed E-state index contributed by atoms with van der Waals surface area (Å²) in [5, 5.41) is 14.3. The van der Waals surface area contributed by atoms with Crippen LogP contribution in [-0.2, 0) is 22.6 Å². The Kier molecular flexibility index (Phi) is 12.7. The summed E-state index contributed by atoms with van der Waals surface area (Å²) < 4.78 is 14.5. The lowest BCUT2D eigenvalue weighted by molar-refractivity contribution is -0.137. The zero-order chi connectivity index (χ0) is 28.9. The van der Waals surface area contributed by atoms with Gasteiger partial charge in [-0.1, -0.05) is 66.0 Å². The van der Waals surface area contributed by atoms with Gasteiger partial charge < -0.3 is 19.1 Å². The fraction of sp³-hybridized carbons (Fsp3) is 0.533. The molecule has 39 heavy (non-hydrogen) atoms. The van der Waals surface area contributed by atoms with Crippen LogP contribution in [0, 0.1) is 5.92 Å². The smallest absolute Gasteiger partial charge is 0.343 e. The molecule has 0 fully saturated rings. The number of rotatable bonds is 10. The number of carbonyl (C=O) groups is 2. The Morgan fingerprint density at radius 3 is 2.38 bits per heavy atom. The lowest BCUT2D eigenvalue weighted by Crippen LogP contribution is -2.24. The average molecular weight is 542 g/mol. The van der Waals surface area contributed by atoms with Crippen molar-refractivity contribution in [3.63, 3.8) is 0 Å². The Hall–Kier alpha value is -3.62. The number of carboxylic acids is 1. The number of pyridine rings is 1. The van der Waals surface area contributed by atoms with E-state index in [-0.39, 0.29) is 17.4 Å². The summed E-state index contributed by atoms with van der Waals surface area (Å²) in [7, 11) is 1.26. The molecular weight excluding hydrogens is 498 g/mol. The second-order valence-electron chi connectivity index (χ2n) is 9.84. The van der Waals surface area contributed by atoms with E-state index in [2.05, 4.69) is 20.8 Å². The molecule has 0 bridgehead atoms. The average Bonchev–Trinajstić information content (AvgIpc) is 3.30. The van der Waals surface area contributed by atoms with Gasteiger partial charge in [0.05, 0.1) is 31.6 Å². The quantitative estimate of drug-likeness (QED) is 0.242. The highest BCUT2D eigenvalue weighted by atomic mass is 16.5. The first-order valence-electron chi connectivity index (χ1n) is 13.9. The standard InChI is InChI=1S/C24H27N3O6.C4H10.C2H6/c1-32-24(31)17-15-26-11-12-27-23(18(26)14-19(17)28)16-8-7-9-20(22(16)25-27)33-13-6-4-2-3-5-10-21(29)30;1-4(2)3;1-2/h7-9,14-15H,2-6,10-13H2,1H3,(H,29,30);4H,1-3H3;1-2H3. The number of aliphatic carboxylic acids is 1. The predicted molar refractivity (Wildman–Crippen MR) is 153 cm³/mol. The lowest BCUT2D eigenvalue weighted by atomic mass is 10.1. The van der Waals surface area contributed by atoms with Crippen molar-refractivity contribution in [1.29, 1.82) is 0 Å². The van der Waals surface area contributed by atoms with Crippen molar-refractivity contribution >= 4 is 22.8 Å². The first-order chi connectivity index (χ1) is 18.7. The number of hydrogen-bond donors (Lipinski definition) is 1. The number of methoxy groups -OCH3 is 1. The van der Waals surface area contributed by atoms with Crippen LogP contribution < -0.4 is 10.2 Å². The molecule has 214 valence electrons. The van der Waals surface area contributed by atoms with Gasteiger partial charge in [-0.05, 0) is 24.8 Å². The van der Waals surface area contributed by atoms with Crippen LogP contribution in [0.4, 0.5) is 0 Å². The summed E-state index contributed by atoms with van der Waals surface area (Å²) in [6.07, 6.45) is 6.25. The minimum absolute atomic E-state index is 0.0190. The van der Waals surface area contributed by atoms with E-state index < -0.39 is 11.9 Å². The molecule has 4 rings (SSSR count). The summed E-state index contributed by atoms with van der Waals surface area (Å²) in [6, 6.07) is 7.22. The number of carboxylic acid groups (broad SMARTS) is 1. The van der Waals surface area contributed by atoms with Crippen LogP contribution >= 0.6 is 0 Å². The summed E-state index contributed by atoms with van der Waals surface area (Å²) in [5.74, 6) is 0.141. The number of aryl methyl sites for hydroxylation is 2. The molecule has 0 radical (unpaired) electrons. The van der Waals surface area contributed by atoms with Gasteiger partial charge in [-0.3, -0.25) is 14.3 Å². The summed E-state index contributed by atoms with van der Waals surface area (Å²) in [6.45, 7) is 12.2. The van der Waals surface area contributed by atoms with E-state index in [9.17, 15) is 14.4 Å². The van der Waals surface area contributed by atoms with E-state index in [0.717, 1.165) is 48.2 Å². The molecule has 1 aliphatic heterocycles. The van der Waals surface area contributed by atoms with Crippen LogP contribution in [0.3, 0.4) is 0 Å². The number of aromatic nitrogens is 3. The van der Waals surface area contributed by atoms with Crippen LogP contribution in [0.25, 0.3) is 22.3 Å². The zero-order valence-electron chi connectivity index (χ0n) is 24.2. The molecule has 0 atom stereocenters. The maximum Gasteiger partial charge on any atom is 0.343 e. The SMILES string of the molecule is CC.CC(C)C.COC(=O)c1cn2c(cc1=O)-c1c3cccc(OCCCCCCCC(=O)O)c3nn1CC2. The summed E-state index contributed by atoms with van der Waals surface area (Å²) >= 11 is 0. The van der Waals surface area contributed by atoms with Gasteiger partial charge in [0.2, 0.25) is 0 Å². The Morgan fingerprint density at radius 1 is 1.05 bits per heavy atom. The second kappa shape index (κ2) is 15.7. The normalized spacial score (nSPS) is 11.5. The molecule has 0 aliphatic carbocycles. The monoisotopic (exact) mass is 541 g/mol. The Morgan fingerprint density at radius 2 is 1.72 bits per heavy atom. The summed E-state index contributed by atoms with van der Waals surface area (Å²) in [5.41, 5.74) is 1.91.